The Morgan fingerprint density at radius 1 is 1.40 bits per heavy atom. The molecule has 2 amide bonds. The molecule has 20 heavy (non-hydrogen) atoms. The van der Waals surface area contributed by atoms with E-state index in [0.29, 0.717) is 19.5 Å². The highest BCUT2D eigenvalue weighted by atomic mass is 16.2. The lowest BCUT2D eigenvalue weighted by molar-refractivity contribution is -0.134. The Morgan fingerprint density at radius 3 is 2.75 bits per heavy atom. The number of piperidine rings is 1. The first-order valence-electron chi connectivity index (χ1n) is 7.19. The summed E-state index contributed by atoms with van der Waals surface area (Å²) >= 11 is 0. The Hall–Kier alpha value is -1.91. The smallest absolute Gasteiger partial charge is 0.227 e. The summed E-state index contributed by atoms with van der Waals surface area (Å²) in [4.78, 5) is 29.8. The zero-order chi connectivity index (χ0) is 14.4. The van der Waals surface area contributed by atoms with Crippen LogP contribution in [0.15, 0.2) is 24.5 Å². The minimum Gasteiger partial charge on any atom is -0.343 e. The largest absolute Gasteiger partial charge is 0.343 e. The Bertz CT molecular complexity index is 453. The van der Waals surface area contributed by atoms with Gasteiger partial charge in [-0.3, -0.25) is 14.6 Å². The molecule has 2 heterocycles. The van der Waals surface area contributed by atoms with Crippen LogP contribution in [0.25, 0.3) is 0 Å². The van der Waals surface area contributed by atoms with Crippen molar-refractivity contribution in [3.05, 3.63) is 24.5 Å². The van der Waals surface area contributed by atoms with Gasteiger partial charge in [-0.2, -0.15) is 0 Å². The molecule has 0 saturated carbocycles. The van der Waals surface area contributed by atoms with Crippen molar-refractivity contribution in [2.45, 2.75) is 32.6 Å². The van der Waals surface area contributed by atoms with Crippen molar-refractivity contribution < 1.29 is 9.59 Å². The average Bonchev–Trinajstić information content (AvgIpc) is 2.48. The SMILES string of the molecule is CCCC(=O)N1CCC(C(=O)Nc2cccnc2)CC1. The molecule has 0 spiro atoms. The highest BCUT2D eigenvalue weighted by Gasteiger charge is 2.26. The Morgan fingerprint density at radius 2 is 2.15 bits per heavy atom. The summed E-state index contributed by atoms with van der Waals surface area (Å²) < 4.78 is 0. The Balaban J connectivity index is 1.81. The molecule has 0 aromatic carbocycles. The maximum atomic E-state index is 12.1. The number of likely N-dealkylation sites (tertiary alicyclic amines) is 1. The zero-order valence-electron chi connectivity index (χ0n) is 11.8. The van der Waals surface area contributed by atoms with Gasteiger partial charge < -0.3 is 10.2 Å². The highest BCUT2D eigenvalue weighted by molar-refractivity contribution is 5.92. The average molecular weight is 275 g/mol. The van der Waals surface area contributed by atoms with Gasteiger partial charge in [0, 0.05) is 31.6 Å². The Labute approximate surface area is 119 Å². The molecule has 0 unspecified atom stereocenters. The third-order valence-electron chi connectivity index (χ3n) is 3.61. The van der Waals surface area contributed by atoms with Gasteiger partial charge >= 0.3 is 0 Å². The number of nitrogens with zero attached hydrogens (tertiary/aromatic N) is 2. The summed E-state index contributed by atoms with van der Waals surface area (Å²) in [7, 11) is 0. The van der Waals surface area contributed by atoms with Gasteiger partial charge in [0.1, 0.15) is 0 Å². The molecule has 5 nitrogen and oxygen atoms in total. The van der Waals surface area contributed by atoms with E-state index < -0.39 is 0 Å². The quantitative estimate of drug-likeness (QED) is 0.915. The second-order valence-electron chi connectivity index (χ2n) is 5.14. The molecule has 1 saturated heterocycles. The van der Waals surface area contributed by atoms with Crippen LogP contribution < -0.4 is 5.32 Å². The molecule has 1 fully saturated rings. The predicted molar refractivity (Wildman–Crippen MR) is 77.1 cm³/mol. The van der Waals surface area contributed by atoms with Crippen LogP contribution >= 0.6 is 0 Å². The number of amides is 2. The number of carbonyl (C=O) groups excluding carboxylic acids is 2. The number of rotatable bonds is 4. The molecule has 1 aliphatic rings. The van der Waals surface area contributed by atoms with Crippen LogP contribution in [0, 0.1) is 5.92 Å². The van der Waals surface area contributed by atoms with Gasteiger partial charge in [-0.05, 0) is 31.4 Å². The van der Waals surface area contributed by atoms with E-state index in [4.69, 9.17) is 0 Å². The van der Waals surface area contributed by atoms with Gasteiger partial charge in [-0.25, -0.2) is 0 Å². The molecule has 0 atom stereocenters. The number of carbonyl (C=O) groups is 2. The van der Waals surface area contributed by atoms with E-state index in [9.17, 15) is 9.59 Å². The van der Waals surface area contributed by atoms with E-state index in [2.05, 4.69) is 10.3 Å². The fraction of sp³-hybridized carbons (Fsp3) is 0.533. The number of hydrogen-bond donors (Lipinski definition) is 1. The van der Waals surface area contributed by atoms with Crippen molar-refractivity contribution in [1.82, 2.24) is 9.88 Å². The third kappa shape index (κ3) is 3.79. The van der Waals surface area contributed by atoms with Gasteiger partial charge in [0.25, 0.3) is 0 Å². The summed E-state index contributed by atoms with van der Waals surface area (Å²) in [6.45, 7) is 3.37. The predicted octanol–water partition coefficient (Wildman–Crippen LogP) is 2.06. The molecular weight excluding hydrogens is 254 g/mol. The first kappa shape index (κ1) is 14.5. The van der Waals surface area contributed by atoms with E-state index in [1.165, 1.54) is 0 Å². The molecule has 2 rings (SSSR count). The summed E-state index contributed by atoms with van der Waals surface area (Å²) in [5.74, 6) is 0.222. The summed E-state index contributed by atoms with van der Waals surface area (Å²) in [6.07, 6.45) is 6.27. The molecule has 0 radical (unpaired) electrons. The Kier molecular flexibility index (Phi) is 5.09. The molecule has 5 heteroatoms. The van der Waals surface area contributed by atoms with Gasteiger partial charge in [0.05, 0.1) is 11.9 Å². The lowest BCUT2D eigenvalue weighted by atomic mass is 9.95. The minimum absolute atomic E-state index is 0.0131. The highest BCUT2D eigenvalue weighted by Crippen LogP contribution is 2.20. The van der Waals surface area contributed by atoms with E-state index in [1.807, 2.05) is 17.9 Å². The van der Waals surface area contributed by atoms with Crippen LogP contribution in [0.2, 0.25) is 0 Å². The van der Waals surface area contributed by atoms with E-state index in [0.717, 1.165) is 24.9 Å². The number of nitrogens with one attached hydrogen (secondary N) is 1. The number of hydrogen-bond acceptors (Lipinski definition) is 3. The first-order chi connectivity index (χ1) is 9.70. The lowest BCUT2D eigenvalue weighted by Gasteiger charge is -2.31. The number of anilines is 1. The number of pyridine rings is 1. The van der Waals surface area contributed by atoms with Gasteiger partial charge in [0.2, 0.25) is 11.8 Å². The van der Waals surface area contributed by atoms with Crippen molar-refractivity contribution in [3.63, 3.8) is 0 Å². The lowest BCUT2D eigenvalue weighted by Crippen LogP contribution is -2.41. The number of aromatic nitrogens is 1. The van der Waals surface area contributed by atoms with Crippen LogP contribution in [0.1, 0.15) is 32.6 Å². The van der Waals surface area contributed by atoms with Crippen molar-refractivity contribution in [1.29, 1.82) is 0 Å². The summed E-state index contributed by atoms with van der Waals surface area (Å²) in [6, 6.07) is 3.62. The molecule has 1 aromatic rings. The van der Waals surface area contributed by atoms with Gasteiger partial charge in [0.15, 0.2) is 0 Å². The fourth-order valence-corrected chi connectivity index (χ4v) is 2.44. The maximum Gasteiger partial charge on any atom is 0.227 e. The molecule has 0 aliphatic carbocycles. The fourth-order valence-electron chi connectivity index (χ4n) is 2.44. The van der Waals surface area contributed by atoms with Gasteiger partial charge in [-0.15, -0.1) is 0 Å². The van der Waals surface area contributed by atoms with Crippen LogP contribution in [-0.4, -0.2) is 34.8 Å². The summed E-state index contributed by atoms with van der Waals surface area (Å²) in [5.41, 5.74) is 0.724. The van der Waals surface area contributed by atoms with Crippen molar-refractivity contribution in [3.8, 4) is 0 Å². The van der Waals surface area contributed by atoms with E-state index >= 15 is 0 Å². The molecule has 0 bridgehead atoms. The molecular formula is C15H21N3O2. The third-order valence-corrected chi connectivity index (χ3v) is 3.61. The topological polar surface area (TPSA) is 62.3 Å². The van der Waals surface area contributed by atoms with Crippen molar-refractivity contribution in [2.75, 3.05) is 18.4 Å². The molecule has 1 N–H and O–H groups in total. The van der Waals surface area contributed by atoms with Crippen LogP contribution in [0.4, 0.5) is 5.69 Å². The molecule has 1 aromatic heterocycles. The van der Waals surface area contributed by atoms with E-state index in [1.54, 1.807) is 18.5 Å². The normalized spacial score (nSPS) is 15.9. The van der Waals surface area contributed by atoms with E-state index in [-0.39, 0.29) is 17.7 Å². The summed E-state index contributed by atoms with van der Waals surface area (Å²) in [5, 5.41) is 2.88. The second kappa shape index (κ2) is 7.03. The second-order valence-corrected chi connectivity index (χ2v) is 5.14. The standard InChI is InChI=1S/C15H21N3O2/c1-2-4-14(19)18-9-6-12(7-10-18)15(20)17-13-5-3-8-16-11-13/h3,5,8,11-12H,2,4,6-7,9-10H2,1H3,(H,17,20). The van der Waals surface area contributed by atoms with Gasteiger partial charge in [-0.1, -0.05) is 6.92 Å². The first-order valence-corrected chi connectivity index (χ1v) is 7.19. The van der Waals surface area contributed by atoms with Crippen molar-refractivity contribution in [2.24, 2.45) is 5.92 Å². The van der Waals surface area contributed by atoms with Crippen LogP contribution in [0.5, 0.6) is 0 Å². The molecule has 108 valence electrons. The zero-order valence-corrected chi connectivity index (χ0v) is 11.8. The van der Waals surface area contributed by atoms with Crippen LogP contribution in [0.3, 0.4) is 0 Å². The van der Waals surface area contributed by atoms with Crippen molar-refractivity contribution >= 4 is 17.5 Å². The minimum atomic E-state index is -0.0131. The monoisotopic (exact) mass is 275 g/mol. The van der Waals surface area contributed by atoms with Crippen LogP contribution in [-0.2, 0) is 9.59 Å². The molecule has 1 aliphatic heterocycles. The maximum absolute atomic E-state index is 12.1.